The van der Waals surface area contributed by atoms with E-state index in [1.54, 1.807) is 6.07 Å². The highest BCUT2D eigenvalue weighted by molar-refractivity contribution is 6.31. The minimum absolute atomic E-state index is 0.0640. The van der Waals surface area contributed by atoms with Crippen molar-refractivity contribution in [3.8, 4) is 0 Å². The van der Waals surface area contributed by atoms with Crippen molar-refractivity contribution in [2.45, 2.75) is 32.4 Å². The number of nitrogens with zero attached hydrogens (tertiary/aromatic N) is 2. The van der Waals surface area contributed by atoms with Gasteiger partial charge in [-0.15, -0.1) is 0 Å². The molecule has 1 unspecified atom stereocenters. The molecule has 3 aromatic rings. The number of benzene rings is 2. The van der Waals surface area contributed by atoms with Gasteiger partial charge in [0.15, 0.2) is 5.76 Å². The number of hydrogen-bond acceptors (Lipinski definition) is 4. The summed E-state index contributed by atoms with van der Waals surface area (Å²) in [5.74, 6) is 0.252. The molecule has 2 heterocycles. The number of ether oxygens (including phenoxy) is 1. The zero-order valence-corrected chi connectivity index (χ0v) is 18.4. The Hall–Kier alpha value is -2.50. The van der Waals surface area contributed by atoms with Crippen molar-refractivity contribution < 1.29 is 13.9 Å². The second-order valence-corrected chi connectivity index (χ2v) is 8.51. The van der Waals surface area contributed by atoms with E-state index in [0.717, 1.165) is 41.6 Å². The van der Waals surface area contributed by atoms with Crippen molar-refractivity contribution in [3.63, 3.8) is 0 Å². The second kappa shape index (κ2) is 8.70. The zero-order chi connectivity index (χ0) is 21.3. The summed E-state index contributed by atoms with van der Waals surface area (Å²) in [6.45, 7) is 3.72. The number of fused-ring (bicyclic) bond motifs is 1. The molecule has 1 saturated heterocycles. The van der Waals surface area contributed by atoms with Crippen LogP contribution >= 0.6 is 11.6 Å². The standard InChI is InChI=1S/C24H27ClN2O3/c1-16-21-13-18(25)8-11-22(21)30-23(16)24(28)27(15-20-5-4-12-29-20)14-17-6-9-19(10-7-17)26(2)3/h6-11,13,20H,4-5,12,14-15H2,1-3H3. The van der Waals surface area contributed by atoms with Crippen LogP contribution in [0.4, 0.5) is 5.69 Å². The predicted octanol–water partition coefficient (Wildman–Crippen LogP) is 5.28. The van der Waals surface area contributed by atoms with E-state index in [0.29, 0.717) is 29.5 Å². The number of carbonyl (C=O) groups excluding carboxylic acids is 1. The van der Waals surface area contributed by atoms with Crippen molar-refractivity contribution in [1.29, 1.82) is 0 Å². The molecule has 0 spiro atoms. The van der Waals surface area contributed by atoms with Crippen LogP contribution in [0.3, 0.4) is 0 Å². The Morgan fingerprint density at radius 3 is 2.60 bits per heavy atom. The van der Waals surface area contributed by atoms with Gasteiger partial charge in [-0.1, -0.05) is 23.7 Å². The number of anilines is 1. The molecule has 1 aromatic heterocycles. The largest absolute Gasteiger partial charge is 0.451 e. The molecule has 0 aliphatic carbocycles. The van der Waals surface area contributed by atoms with Gasteiger partial charge in [-0.25, -0.2) is 0 Å². The molecule has 6 heteroatoms. The van der Waals surface area contributed by atoms with Gasteiger partial charge in [0.1, 0.15) is 5.58 Å². The summed E-state index contributed by atoms with van der Waals surface area (Å²) in [7, 11) is 4.03. The maximum absolute atomic E-state index is 13.5. The number of rotatable bonds is 6. The summed E-state index contributed by atoms with van der Waals surface area (Å²) in [6.07, 6.45) is 2.07. The Morgan fingerprint density at radius 1 is 1.17 bits per heavy atom. The van der Waals surface area contributed by atoms with Gasteiger partial charge in [0.25, 0.3) is 5.91 Å². The Morgan fingerprint density at radius 2 is 1.93 bits per heavy atom. The summed E-state index contributed by atoms with van der Waals surface area (Å²) in [5, 5.41) is 1.50. The Bertz CT molecular complexity index is 1040. The van der Waals surface area contributed by atoms with Gasteiger partial charge >= 0.3 is 0 Å². The fraction of sp³-hybridized carbons (Fsp3) is 0.375. The first kappa shape index (κ1) is 20.8. The summed E-state index contributed by atoms with van der Waals surface area (Å²) >= 11 is 6.14. The first-order chi connectivity index (χ1) is 14.4. The van der Waals surface area contributed by atoms with Gasteiger partial charge in [0, 0.05) is 55.5 Å². The van der Waals surface area contributed by atoms with Crippen LogP contribution in [0, 0.1) is 6.92 Å². The average Bonchev–Trinajstić information content (AvgIpc) is 3.35. The topological polar surface area (TPSA) is 45.9 Å². The number of aryl methyl sites for hydroxylation is 1. The van der Waals surface area contributed by atoms with Crippen molar-refractivity contribution in [1.82, 2.24) is 4.90 Å². The molecule has 1 aliphatic rings. The van der Waals surface area contributed by atoms with Gasteiger partial charge in [-0.05, 0) is 55.7 Å². The first-order valence-corrected chi connectivity index (χ1v) is 10.7. The van der Waals surface area contributed by atoms with Crippen LogP contribution < -0.4 is 4.90 Å². The first-order valence-electron chi connectivity index (χ1n) is 10.3. The highest BCUT2D eigenvalue weighted by atomic mass is 35.5. The smallest absolute Gasteiger partial charge is 0.290 e. The summed E-state index contributed by atoms with van der Waals surface area (Å²) in [5.41, 5.74) is 3.69. The third-order valence-corrected chi connectivity index (χ3v) is 5.89. The molecule has 1 atom stereocenters. The van der Waals surface area contributed by atoms with Crippen molar-refractivity contribution >= 4 is 34.2 Å². The molecule has 1 fully saturated rings. The van der Waals surface area contributed by atoms with Gasteiger partial charge in [-0.2, -0.15) is 0 Å². The molecule has 1 aliphatic heterocycles. The molecule has 5 nitrogen and oxygen atoms in total. The molecule has 2 aromatic carbocycles. The average molecular weight is 427 g/mol. The van der Waals surface area contributed by atoms with Crippen LogP contribution in [-0.2, 0) is 11.3 Å². The lowest BCUT2D eigenvalue weighted by atomic mass is 10.1. The van der Waals surface area contributed by atoms with E-state index in [1.165, 1.54) is 0 Å². The van der Waals surface area contributed by atoms with E-state index >= 15 is 0 Å². The van der Waals surface area contributed by atoms with E-state index in [4.69, 9.17) is 20.8 Å². The highest BCUT2D eigenvalue weighted by Crippen LogP contribution is 2.29. The number of amides is 1. The van der Waals surface area contributed by atoms with Crippen LogP contribution in [0.1, 0.15) is 34.5 Å². The quantitative estimate of drug-likeness (QED) is 0.537. The van der Waals surface area contributed by atoms with Crippen LogP contribution in [-0.4, -0.2) is 44.2 Å². The van der Waals surface area contributed by atoms with Gasteiger partial charge < -0.3 is 19.0 Å². The van der Waals surface area contributed by atoms with Gasteiger partial charge in [0.05, 0.1) is 6.10 Å². The molecule has 0 bridgehead atoms. The van der Waals surface area contributed by atoms with Crippen LogP contribution in [0.25, 0.3) is 11.0 Å². The SMILES string of the molecule is Cc1c(C(=O)N(Cc2ccc(N(C)C)cc2)CC2CCCO2)oc2ccc(Cl)cc12. The third-order valence-electron chi connectivity index (χ3n) is 5.65. The molecular weight excluding hydrogens is 400 g/mol. The van der Waals surface area contributed by atoms with E-state index in [9.17, 15) is 4.79 Å². The minimum Gasteiger partial charge on any atom is -0.451 e. The Balaban J connectivity index is 1.63. The lowest BCUT2D eigenvalue weighted by Crippen LogP contribution is -2.37. The monoisotopic (exact) mass is 426 g/mol. The van der Waals surface area contributed by atoms with Crippen molar-refractivity contribution in [3.05, 3.63) is 64.4 Å². The summed E-state index contributed by atoms with van der Waals surface area (Å²) in [6, 6.07) is 13.7. The molecule has 0 N–H and O–H groups in total. The number of furan rings is 1. The van der Waals surface area contributed by atoms with Crippen molar-refractivity contribution in [2.75, 3.05) is 32.1 Å². The molecule has 158 valence electrons. The van der Waals surface area contributed by atoms with E-state index in [-0.39, 0.29) is 12.0 Å². The molecule has 0 radical (unpaired) electrons. The maximum Gasteiger partial charge on any atom is 0.290 e. The molecule has 4 rings (SSSR count). The predicted molar refractivity (Wildman–Crippen MR) is 120 cm³/mol. The van der Waals surface area contributed by atoms with Crippen LogP contribution in [0.5, 0.6) is 0 Å². The molecule has 30 heavy (non-hydrogen) atoms. The van der Waals surface area contributed by atoms with E-state index < -0.39 is 0 Å². The Kier molecular flexibility index (Phi) is 6.02. The third kappa shape index (κ3) is 4.32. The minimum atomic E-state index is -0.119. The number of hydrogen-bond donors (Lipinski definition) is 0. The lowest BCUT2D eigenvalue weighted by molar-refractivity contribution is 0.0485. The Labute approximate surface area is 182 Å². The molecule has 0 saturated carbocycles. The maximum atomic E-state index is 13.5. The number of carbonyl (C=O) groups is 1. The molecule has 1 amide bonds. The fourth-order valence-corrected chi connectivity index (χ4v) is 4.09. The van der Waals surface area contributed by atoms with E-state index in [1.807, 2.05) is 38.1 Å². The van der Waals surface area contributed by atoms with Crippen molar-refractivity contribution in [2.24, 2.45) is 0 Å². The highest BCUT2D eigenvalue weighted by Gasteiger charge is 2.27. The van der Waals surface area contributed by atoms with Crippen LogP contribution in [0.2, 0.25) is 5.02 Å². The fourth-order valence-electron chi connectivity index (χ4n) is 3.91. The lowest BCUT2D eigenvalue weighted by Gasteiger charge is -2.25. The second-order valence-electron chi connectivity index (χ2n) is 8.08. The normalized spacial score (nSPS) is 16.2. The van der Waals surface area contributed by atoms with Gasteiger partial charge in [0.2, 0.25) is 0 Å². The summed E-state index contributed by atoms with van der Waals surface area (Å²) in [4.78, 5) is 17.4. The zero-order valence-electron chi connectivity index (χ0n) is 17.7. The number of halogens is 1. The summed E-state index contributed by atoms with van der Waals surface area (Å²) < 4.78 is 11.8. The van der Waals surface area contributed by atoms with Crippen LogP contribution in [0.15, 0.2) is 46.9 Å². The van der Waals surface area contributed by atoms with Gasteiger partial charge in [-0.3, -0.25) is 4.79 Å². The van der Waals surface area contributed by atoms with E-state index in [2.05, 4.69) is 29.2 Å². The molecular formula is C24H27ClN2O3.